The molecule has 2 heterocycles. The summed E-state index contributed by atoms with van der Waals surface area (Å²) in [4.78, 5) is 30.7. The van der Waals surface area contributed by atoms with Crippen LogP contribution in [0, 0.1) is 0 Å². The molecule has 1 atom stereocenters. The smallest absolute Gasteiger partial charge is 0.299 e. The minimum absolute atomic E-state index is 0.0113. The fourth-order valence-corrected chi connectivity index (χ4v) is 3.98. The number of hydrogen-bond donors (Lipinski definition) is 0. The first kappa shape index (κ1) is 18.8. The van der Waals surface area contributed by atoms with Gasteiger partial charge in [-0.3, -0.25) is 19.4 Å². The highest BCUT2D eigenvalue weighted by Crippen LogP contribution is 2.28. The zero-order chi connectivity index (χ0) is 19.5. The van der Waals surface area contributed by atoms with Crippen LogP contribution in [0.2, 0.25) is 0 Å². The predicted molar refractivity (Wildman–Crippen MR) is 107 cm³/mol. The SMILES string of the molecule is COC1CN(CCN2C(=O)C(=O)c3ccccc32)CCN1Cc1ccccc1. The molecular weight excluding hydrogens is 354 g/mol. The molecule has 6 heteroatoms. The molecule has 1 amide bonds. The van der Waals surface area contributed by atoms with E-state index in [-0.39, 0.29) is 6.23 Å². The molecule has 1 unspecified atom stereocenters. The number of benzene rings is 2. The Morgan fingerprint density at radius 2 is 1.71 bits per heavy atom. The van der Waals surface area contributed by atoms with Crippen molar-refractivity contribution >= 4 is 17.4 Å². The number of nitrogens with zero attached hydrogens (tertiary/aromatic N) is 3. The van der Waals surface area contributed by atoms with Crippen molar-refractivity contribution in [2.75, 3.05) is 44.7 Å². The van der Waals surface area contributed by atoms with Gasteiger partial charge in [-0.15, -0.1) is 0 Å². The minimum Gasteiger partial charge on any atom is -0.365 e. The van der Waals surface area contributed by atoms with Crippen LogP contribution in [-0.2, 0) is 16.1 Å². The molecule has 0 aromatic heterocycles. The number of carbonyl (C=O) groups is 2. The number of carbonyl (C=O) groups excluding carboxylic acids is 2. The molecule has 146 valence electrons. The van der Waals surface area contributed by atoms with Crippen molar-refractivity contribution in [1.82, 2.24) is 9.80 Å². The average Bonchev–Trinajstić information content (AvgIpc) is 2.98. The molecule has 0 saturated carbocycles. The number of Topliss-reactive ketones (excluding diaryl/α,β-unsaturated/α-hetero) is 1. The molecule has 0 radical (unpaired) electrons. The monoisotopic (exact) mass is 379 g/mol. The average molecular weight is 379 g/mol. The fourth-order valence-electron chi connectivity index (χ4n) is 3.98. The number of amides is 1. The number of piperazine rings is 1. The maximum Gasteiger partial charge on any atom is 0.299 e. The lowest BCUT2D eigenvalue weighted by molar-refractivity contribution is -0.114. The number of ether oxygens (including phenoxy) is 1. The van der Waals surface area contributed by atoms with Gasteiger partial charge in [0.25, 0.3) is 11.7 Å². The van der Waals surface area contributed by atoms with E-state index in [2.05, 4.69) is 34.1 Å². The number of ketones is 1. The Labute approximate surface area is 165 Å². The normalized spacial score (nSPS) is 20.6. The summed E-state index contributed by atoms with van der Waals surface area (Å²) < 4.78 is 5.72. The topological polar surface area (TPSA) is 53.1 Å². The number of para-hydroxylation sites is 1. The molecule has 0 N–H and O–H groups in total. The Morgan fingerprint density at radius 3 is 2.50 bits per heavy atom. The van der Waals surface area contributed by atoms with Gasteiger partial charge in [0.15, 0.2) is 0 Å². The van der Waals surface area contributed by atoms with Crippen LogP contribution in [0.1, 0.15) is 15.9 Å². The summed E-state index contributed by atoms with van der Waals surface area (Å²) in [6, 6.07) is 17.6. The van der Waals surface area contributed by atoms with E-state index < -0.39 is 11.7 Å². The van der Waals surface area contributed by atoms with Gasteiger partial charge in [-0.05, 0) is 17.7 Å². The van der Waals surface area contributed by atoms with Crippen molar-refractivity contribution in [2.24, 2.45) is 0 Å². The third-order valence-electron chi connectivity index (χ3n) is 5.54. The predicted octanol–water partition coefficient (Wildman–Crippen LogP) is 2.01. The second-order valence-corrected chi connectivity index (χ2v) is 7.25. The molecule has 2 aromatic carbocycles. The molecule has 0 aliphatic carbocycles. The second-order valence-electron chi connectivity index (χ2n) is 7.25. The van der Waals surface area contributed by atoms with Crippen LogP contribution in [0.5, 0.6) is 0 Å². The van der Waals surface area contributed by atoms with Crippen LogP contribution in [0.25, 0.3) is 0 Å². The van der Waals surface area contributed by atoms with E-state index in [9.17, 15) is 9.59 Å². The van der Waals surface area contributed by atoms with Gasteiger partial charge in [0.2, 0.25) is 0 Å². The van der Waals surface area contributed by atoms with Gasteiger partial charge in [0.1, 0.15) is 6.23 Å². The van der Waals surface area contributed by atoms with Gasteiger partial charge in [-0.2, -0.15) is 0 Å². The zero-order valence-electron chi connectivity index (χ0n) is 16.1. The van der Waals surface area contributed by atoms with Crippen molar-refractivity contribution in [3.63, 3.8) is 0 Å². The summed E-state index contributed by atoms with van der Waals surface area (Å²) in [7, 11) is 1.74. The highest BCUT2D eigenvalue weighted by atomic mass is 16.5. The summed E-state index contributed by atoms with van der Waals surface area (Å²) in [5.74, 6) is -0.828. The maximum atomic E-state index is 12.3. The standard InChI is InChI=1S/C22H25N3O3/c1-28-20-16-23(11-13-24(20)15-17-7-3-2-4-8-17)12-14-25-19-10-6-5-9-18(19)21(26)22(25)27/h2-10,20H,11-16H2,1H3. The van der Waals surface area contributed by atoms with Gasteiger partial charge in [-0.25, -0.2) is 0 Å². The molecule has 6 nitrogen and oxygen atoms in total. The van der Waals surface area contributed by atoms with E-state index in [1.807, 2.05) is 18.2 Å². The molecule has 1 saturated heterocycles. The van der Waals surface area contributed by atoms with E-state index in [1.54, 1.807) is 24.1 Å². The Morgan fingerprint density at radius 1 is 0.964 bits per heavy atom. The largest absolute Gasteiger partial charge is 0.365 e. The molecule has 2 aromatic rings. The number of methoxy groups -OCH3 is 1. The number of hydrogen-bond acceptors (Lipinski definition) is 5. The number of anilines is 1. The van der Waals surface area contributed by atoms with E-state index in [0.717, 1.165) is 31.9 Å². The van der Waals surface area contributed by atoms with Crippen molar-refractivity contribution in [3.8, 4) is 0 Å². The van der Waals surface area contributed by atoms with Crippen molar-refractivity contribution in [2.45, 2.75) is 12.8 Å². The molecular formula is C22H25N3O3. The molecule has 2 aliphatic rings. The molecule has 4 rings (SSSR count). The highest BCUT2D eigenvalue weighted by molar-refractivity contribution is 6.52. The van der Waals surface area contributed by atoms with Crippen LogP contribution in [-0.4, -0.2) is 67.6 Å². The van der Waals surface area contributed by atoms with Gasteiger partial charge in [0.05, 0.1) is 11.3 Å². The van der Waals surface area contributed by atoms with E-state index in [4.69, 9.17) is 4.74 Å². The Hall–Kier alpha value is -2.54. The Bertz CT molecular complexity index is 855. The minimum atomic E-state index is -0.424. The maximum absolute atomic E-state index is 12.3. The third kappa shape index (κ3) is 3.71. The number of fused-ring (bicyclic) bond motifs is 1. The van der Waals surface area contributed by atoms with Crippen LogP contribution in [0.4, 0.5) is 5.69 Å². The van der Waals surface area contributed by atoms with Crippen molar-refractivity contribution < 1.29 is 14.3 Å². The Kier molecular flexibility index (Phi) is 5.52. The summed E-state index contributed by atoms with van der Waals surface area (Å²) in [6.45, 7) is 4.67. The lowest BCUT2D eigenvalue weighted by Crippen LogP contribution is -2.54. The van der Waals surface area contributed by atoms with Crippen LogP contribution in [0.15, 0.2) is 54.6 Å². The lowest BCUT2D eigenvalue weighted by atomic mass is 10.1. The molecule has 1 fully saturated rings. The summed E-state index contributed by atoms with van der Waals surface area (Å²) in [5, 5.41) is 0. The van der Waals surface area contributed by atoms with Gasteiger partial charge >= 0.3 is 0 Å². The summed E-state index contributed by atoms with van der Waals surface area (Å²) in [5.41, 5.74) is 2.51. The highest BCUT2D eigenvalue weighted by Gasteiger charge is 2.36. The third-order valence-corrected chi connectivity index (χ3v) is 5.54. The van der Waals surface area contributed by atoms with Crippen molar-refractivity contribution in [3.05, 3.63) is 65.7 Å². The quantitative estimate of drug-likeness (QED) is 0.719. The van der Waals surface area contributed by atoms with Gasteiger partial charge < -0.3 is 9.64 Å². The first-order valence-corrected chi connectivity index (χ1v) is 9.65. The molecule has 2 aliphatic heterocycles. The van der Waals surface area contributed by atoms with Crippen LogP contribution >= 0.6 is 0 Å². The first-order valence-electron chi connectivity index (χ1n) is 9.65. The first-order chi connectivity index (χ1) is 13.7. The summed E-state index contributed by atoms with van der Waals surface area (Å²) >= 11 is 0. The van der Waals surface area contributed by atoms with E-state index in [1.165, 1.54) is 5.56 Å². The van der Waals surface area contributed by atoms with E-state index >= 15 is 0 Å². The zero-order valence-corrected chi connectivity index (χ0v) is 16.1. The van der Waals surface area contributed by atoms with Gasteiger partial charge in [-0.1, -0.05) is 42.5 Å². The van der Waals surface area contributed by atoms with Gasteiger partial charge in [0, 0.05) is 46.4 Å². The van der Waals surface area contributed by atoms with Crippen molar-refractivity contribution in [1.29, 1.82) is 0 Å². The lowest BCUT2D eigenvalue weighted by Gasteiger charge is -2.41. The molecule has 0 bridgehead atoms. The molecule has 28 heavy (non-hydrogen) atoms. The number of rotatable bonds is 6. The van der Waals surface area contributed by atoms with E-state index in [0.29, 0.717) is 18.7 Å². The second kappa shape index (κ2) is 8.22. The fraction of sp³-hybridized carbons (Fsp3) is 0.364. The Balaban J connectivity index is 1.36. The summed E-state index contributed by atoms with van der Waals surface area (Å²) in [6.07, 6.45) is 0.0113. The van der Waals surface area contributed by atoms with Crippen LogP contribution < -0.4 is 4.90 Å². The van der Waals surface area contributed by atoms with Crippen LogP contribution in [0.3, 0.4) is 0 Å². The molecule has 0 spiro atoms.